The molecule has 0 saturated heterocycles. The third-order valence-corrected chi connectivity index (χ3v) is 3.18. The van der Waals surface area contributed by atoms with Crippen LogP contribution in [0.4, 0.5) is 4.39 Å². The van der Waals surface area contributed by atoms with Crippen LogP contribution in [0.2, 0.25) is 5.02 Å². The standard InChI is InChI=1S/C13H16ClFN4/c14-13-5-4-11(15)7-10(13)8-19-9-12(17-18-19)3-1-2-6-16/h4-5,7,9H,1-3,6,8,16H2. The number of nitrogens with zero attached hydrogens (tertiary/aromatic N) is 3. The Hall–Kier alpha value is -1.46. The fourth-order valence-corrected chi connectivity index (χ4v) is 2.00. The number of nitrogens with two attached hydrogens (primary N) is 1. The quantitative estimate of drug-likeness (QED) is 0.828. The van der Waals surface area contributed by atoms with Crippen molar-refractivity contribution in [3.8, 4) is 0 Å². The van der Waals surface area contributed by atoms with Gasteiger partial charge >= 0.3 is 0 Å². The molecule has 1 aromatic carbocycles. The summed E-state index contributed by atoms with van der Waals surface area (Å²) in [4.78, 5) is 0. The first-order chi connectivity index (χ1) is 9.19. The fraction of sp³-hybridized carbons (Fsp3) is 0.385. The summed E-state index contributed by atoms with van der Waals surface area (Å²) in [5.41, 5.74) is 7.05. The minimum Gasteiger partial charge on any atom is -0.330 e. The van der Waals surface area contributed by atoms with Crippen LogP contribution in [0.15, 0.2) is 24.4 Å². The molecule has 19 heavy (non-hydrogen) atoms. The van der Waals surface area contributed by atoms with Crippen molar-refractivity contribution in [3.63, 3.8) is 0 Å². The van der Waals surface area contributed by atoms with Gasteiger partial charge in [-0.1, -0.05) is 16.8 Å². The van der Waals surface area contributed by atoms with Gasteiger partial charge in [0.25, 0.3) is 0 Å². The van der Waals surface area contributed by atoms with E-state index in [-0.39, 0.29) is 5.82 Å². The highest BCUT2D eigenvalue weighted by Crippen LogP contribution is 2.18. The van der Waals surface area contributed by atoms with Gasteiger partial charge in [-0.3, -0.25) is 0 Å². The lowest BCUT2D eigenvalue weighted by Gasteiger charge is -2.03. The highest BCUT2D eigenvalue weighted by molar-refractivity contribution is 6.31. The summed E-state index contributed by atoms with van der Waals surface area (Å²) in [6, 6.07) is 4.30. The maximum atomic E-state index is 13.1. The number of unbranched alkanes of at least 4 members (excludes halogenated alkanes) is 1. The van der Waals surface area contributed by atoms with Crippen LogP contribution in [0.5, 0.6) is 0 Å². The maximum absolute atomic E-state index is 13.1. The molecule has 0 saturated carbocycles. The van der Waals surface area contributed by atoms with E-state index in [0.29, 0.717) is 23.7 Å². The van der Waals surface area contributed by atoms with E-state index in [0.717, 1.165) is 25.0 Å². The summed E-state index contributed by atoms with van der Waals surface area (Å²) in [5, 5.41) is 8.62. The number of aryl methyl sites for hydroxylation is 1. The SMILES string of the molecule is NCCCCc1cn(Cc2cc(F)ccc2Cl)nn1. The Labute approximate surface area is 116 Å². The van der Waals surface area contributed by atoms with Crippen molar-refractivity contribution >= 4 is 11.6 Å². The fourth-order valence-electron chi connectivity index (χ4n) is 1.82. The van der Waals surface area contributed by atoms with E-state index in [1.165, 1.54) is 12.1 Å². The van der Waals surface area contributed by atoms with Gasteiger partial charge in [-0.05, 0) is 49.6 Å². The van der Waals surface area contributed by atoms with Gasteiger partial charge in [0.05, 0.1) is 12.2 Å². The largest absolute Gasteiger partial charge is 0.330 e. The second kappa shape index (κ2) is 6.63. The highest BCUT2D eigenvalue weighted by Gasteiger charge is 2.06. The first-order valence-electron chi connectivity index (χ1n) is 6.22. The minimum absolute atomic E-state index is 0.303. The zero-order chi connectivity index (χ0) is 13.7. The number of rotatable bonds is 6. The van der Waals surface area contributed by atoms with Crippen molar-refractivity contribution in [2.75, 3.05) is 6.54 Å². The van der Waals surface area contributed by atoms with Crippen molar-refractivity contribution < 1.29 is 4.39 Å². The maximum Gasteiger partial charge on any atom is 0.123 e. The van der Waals surface area contributed by atoms with E-state index in [9.17, 15) is 4.39 Å². The third kappa shape index (κ3) is 4.01. The van der Waals surface area contributed by atoms with Crippen molar-refractivity contribution in [1.82, 2.24) is 15.0 Å². The molecule has 0 atom stereocenters. The molecule has 0 radical (unpaired) electrons. The van der Waals surface area contributed by atoms with Crippen LogP contribution in [0.25, 0.3) is 0 Å². The van der Waals surface area contributed by atoms with Gasteiger partial charge in [0, 0.05) is 11.2 Å². The first kappa shape index (κ1) is 14.0. The van der Waals surface area contributed by atoms with Crippen LogP contribution in [0.1, 0.15) is 24.1 Å². The summed E-state index contributed by atoms with van der Waals surface area (Å²) < 4.78 is 14.8. The molecule has 6 heteroatoms. The number of hydrogen-bond acceptors (Lipinski definition) is 3. The Morgan fingerprint density at radius 1 is 1.32 bits per heavy atom. The summed E-state index contributed by atoms with van der Waals surface area (Å²) >= 11 is 6.01. The van der Waals surface area contributed by atoms with E-state index in [1.807, 2.05) is 6.20 Å². The Kier molecular flexibility index (Phi) is 4.87. The van der Waals surface area contributed by atoms with Gasteiger partial charge in [-0.25, -0.2) is 9.07 Å². The molecule has 0 aliphatic heterocycles. The topological polar surface area (TPSA) is 56.7 Å². The second-order valence-electron chi connectivity index (χ2n) is 4.39. The first-order valence-corrected chi connectivity index (χ1v) is 6.60. The number of benzene rings is 1. The van der Waals surface area contributed by atoms with Crippen LogP contribution in [0.3, 0.4) is 0 Å². The van der Waals surface area contributed by atoms with E-state index < -0.39 is 0 Å². The van der Waals surface area contributed by atoms with E-state index in [1.54, 1.807) is 10.7 Å². The second-order valence-corrected chi connectivity index (χ2v) is 4.80. The molecule has 0 spiro atoms. The molecule has 2 N–H and O–H groups in total. The number of hydrogen-bond donors (Lipinski definition) is 1. The van der Waals surface area contributed by atoms with Crippen molar-refractivity contribution in [2.24, 2.45) is 5.73 Å². The molecule has 4 nitrogen and oxygen atoms in total. The van der Waals surface area contributed by atoms with Crippen LogP contribution in [-0.2, 0) is 13.0 Å². The summed E-state index contributed by atoms with van der Waals surface area (Å²) in [6.07, 6.45) is 4.68. The average Bonchev–Trinajstić information content (AvgIpc) is 2.82. The zero-order valence-corrected chi connectivity index (χ0v) is 11.3. The van der Waals surface area contributed by atoms with Crippen molar-refractivity contribution in [1.29, 1.82) is 0 Å². The van der Waals surface area contributed by atoms with Crippen molar-refractivity contribution in [2.45, 2.75) is 25.8 Å². The number of halogens is 2. The van der Waals surface area contributed by atoms with Crippen LogP contribution in [-0.4, -0.2) is 21.5 Å². The smallest absolute Gasteiger partial charge is 0.123 e. The van der Waals surface area contributed by atoms with Crippen LogP contribution >= 0.6 is 11.6 Å². The summed E-state index contributed by atoms with van der Waals surface area (Å²) in [6.45, 7) is 1.10. The Morgan fingerprint density at radius 3 is 2.95 bits per heavy atom. The minimum atomic E-state index is -0.303. The van der Waals surface area contributed by atoms with Gasteiger partial charge in [-0.2, -0.15) is 0 Å². The highest BCUT2D eigenvalue weighted by atomic mass is 35.5. The van der Waals surface area contributed by atoms with Gasteiger partial charge in [0.1, 0.15) is 5.82 Å². The monoisotopic (exact) mass is 282 g/mol. The van der Waals surface area contributed by atoms with Crippen LogP contribution < -0.4 is 5.73 Å². The van der Waals surface area contributed by atoms with Crippen molar-refractivity contribution in [3.05, 3.63) is 46.5 Å². The lowest BCUT2D eigenvalue weighted by Crippen LogP contribution is -2.01. The molecule has 1 aromatic heterocycles. The molecule has 0 bridgehead atoms. The van der Waals surface area contributed by atoms with Gasteiger partial charge in [-0.15, -0.1) is 5.10 Å². The van der Waals surface area contributed by atoms with Gasteiger partial charge < -0.3 is 5.73 Å². The lowest BCUT2D eigenvalue weighted by atomic mass is 10.2. The molecule has 2 rings (SSSR count). The van der Waals surface area contributed by atoms with E-state index >= 15 is 0 Å². The third-order valence-electron chi connectivity index (χ3n) is 2.81. The van der Waals surface area contributed by atoms with Gasteiger partial charge in [0.2, 0.25) is 0 Å². The summed E-state index contributed by atoms with van der Waals surface area (Å²) in [5.74, 6) is -0.303. The summed E-state index contributed by atoms with van der Waals surface area (Å²) in [7, 11) is 0. The Balaban J connectivity index is 2.01. The molecule has 102 valence electrons. The molecule has 0 fully saturated rings. The molecule has 1 heterocycles. The predicted molar refractivity (Wildman–Crippen MR) is 72.5 cm³/mol. The zero-order valence-electron chi connectivity index (χ0n) is 10.5. The Bertz CT molecular complexity index is 541. The van der Waals surface area contributed by atoms with Gasteiger partial charge in [0.15, 0.2) is 0 Å². The molecule has 0 aliphatic rings. The van der Waals surface area contributed by atoms with E-state index in [2.05, 4.69) is 10.3 Å². The Morgan fingerprint density at radius 2 is 2.16 bits per heavy atom. The molecule has 0 aliphatic carbocycles. The molecular weight excluding hydrogens is 267 g/mol. The van der Waals surface area contributed by atoms with E-state index in [4.69, 9.17) is 17.3 Å². The average molecular weight is 283 g/mol. The molecule has 0 unspecified atom stereocenters. The molecule has 0 amide bonds. The molecular formula is C13H16ClFN4. The normalized spacial score (nSPS) is 10.9. The van der Waals surface area contributed by atoms with Crippen LogP contribution in [0, 0.1) is 5.82 Å². The number of aromatic nitrogens is 3. The predicted octanol–water partition coefficient (Wildman–Crippen LogP) is 2.40. The molecule has 2 aromatic rings. The lowest BCUT2D eigenvalue weighted by molar-refractivity contribution is 0.614.